The zero-order valence-electron chi connectivity index (χ0n) is 25.6. The average molecular weight is 595 g/mol. The van der Waals surface area contributed by atoms with Gasteiger partial charge in [0.15, 0.2) is 23.1 Å². The highest BCUT2D eigenvalue weighted by Gasteiger charge is 2.59. The van der Waals surface area contributed by atoms with Crippen molar-refractivity contribution in [2.75, 3.05) is 33.4 Å². The summed E-state index contributed by atoms with van der Waals surface area (Å²) in [6, 6.07) is -2.73. The number of aliphatic hydroxyl groups is 1. The first kappa shape index (κ1) is 30.8. The molecule has 0 spiro atoms. The number of esters is 1. The van der Waals surface area contributed by atoms with E-state index in [4.69, 9.17) is 14.2 Å². The molecule has 5 atom stereocenters. The van der Waals surface area contributed by atoms with Crippen molar-refractivity contribution in [2.45, 2.75) is 78.2 Å². The van der Waals surface area contributed by atoms with Gasteiger partial charge in [-0.05, 0) is 55.0 Å². The summed E-state index contributed by atoms with van der Waals surface area (Å²) in [7, 11) is 1.78. The number of aliphatic hydroxyl groups excluding tert-OH is 1. The van der Waals surface area contributed by atoms with Crippen LogP contribution in [0.25, 0.3) is 0 Å². The molecule has 11 heteroatoms. The number of fused-ring (bicyclic) bond motifs is 5. The largest absolute Gasteiger partial charge is 0.489 e. The van der Waals surface area contributed by atoms with Gasteiger partial charge in [0.2, 0.25) is 11.6 Å². The lowest BCUT2D eigenvalue weighted by atomic mass is 9.68. The maximum absolute atomic E-state index is 14.0. The molecule has 3 heterocycles. The second-order valence-electron chi connectivity index (χ2n) is 11.5. The summed E-state index contributed by atoms with van der Waals surface area (Å²) in [4.78, 5) is 71.8. The smallest absolute Gasteiger partial charge is 0.333 e. The third-order valence-corrected chi connectivity index (χ3v) is 9.36. The molecule has 1 saturated heterocycles. The Morgan fingerprint density at radius 3 is 2.07 bits per heavy atom. The summed E-state index contributed by atoms with van der Waals surface area (Å²) in [6.07, 6.45) is 0.436. The van der Waals surface area contributed by atoms with Gasteiger partial charge in [-0.2, -0.15) is 0 Å². The van der Waals surface area contributed by atoms with Crippen LogP contribution in [0.15, 0.2) is 56.6 Å². The van der Waals surface area contributed by atoms with E-state index in [1.54, 1.807) is 47.7 Å². The number of carbonyl (C=O) groups is 5. The molecule has 2 bridgehead atoms. The average Bonchev–Trinajstić information content (AvgIpc) is 2.98. The van der Waals surface area contributed by atoms with Gasteiger partial charge < -0.3 is 19.3 Å². The Morgan fingerprint density at radius 1 is 0.907 bits per heavy atom. The van der Waals surface area contributed by atoms with Gasteiger partial charge >= 0.3 is 5.97 Å². The van der Waals surface area contributed by atoms with Crippen molar-refractivity contribution in [1.29, 1.82) is 0 Å². The number of ether oxygens (including phenoxy) is 3. The minimum Gasteiger partial charge on any atom is -0.489 e. The molecule has 230 valence electrons. The second-order valence-corrected chi connectivity index (χ2v) is 11.5. The van der Waals surface area contributed by atoms with Gasteiger partial charge in [-0.1, -0.05) is 6.08 Å². The van der Waals surface area contributed by atoms with Gasteiger partial charge in [-0.15, -0.1) is 0 Å². The molecule has 5 rings (SSSR count). The maximum Gasteiger partial charge on any atom is 0.333 e. The van der Waals surface area contributed by atoms with Crippen molar-refractivity contribution >= 4 is 29.1 Å². The molecule has 0 aromatic rings. The van der Waals surface area contributed by atoms with Crippen LogP contribution in [-0.2, 0) is 38.2 Å². The first-order chi connectivity index (χ1) is 20.4. The van der Waals surface area contributed by atoms with Gasteiger partial charge in [0, 0.05) is 51.6 Å². The molecule has 5 unspecified atom stereocenters. The van der Waals surface area contributed by atoms with Gasteiger partial charge in [0.25, 0.3) is 0 Å². The minimum atomic E-state index is -1.29. The molecule has 5 aliphatic rings. The molecule has 0 amide bonds. The Morgan fingerprint density at radius 2 is 1.49 bits per heavy atom. The Balaban J connectivity index is 1.66. The molecule has 2 aliphatic carbocycles. The first-order valence-electron chi connectivity index (χ1n) is 14.7. The van der Waals surface area contributed by atoms with Crippen molar-refractivity contribution in [1.82, 2.24) is 9.80 Å². The van der Waals surface area contributed by atoms with Gasteiger partial charge in [-0.3, -0.25) is 29.0 Å². The number of hydrogen-bond acceptors (Lipinski definition) is 11. The number of carbonyl (C=O) groups excluding carboxylic acids is 5. The summed E-state index contributed by atoms with van der Waals surface area (Å²) < 4.78 is 16.9. The van der Waals surface area contributed by atoms with E-state index in [-0.39, 0.29) is 83.5 Å². The summed E-state index contributed by atoms with van der Waals surface area (Å²) in [6.45, 7) is 10.2. The molecule has 0 aromatic heterocycles. The first-order valence-corrected chi connectivity index (χ1v) is 14.7. The summed E-state index contributed by atoms with van der Waals surface area (Å²) in [5, 5.41) is 11.6. The van der Waals surface area contributed by atoms with Crippen LogP contribution in [-0.4, -0.2) is 108 Å². The van der Waals surface area contributed by atoms with Crippen molar-refractivity contribution in [3.8, 4) is 0 Å². The molecule has 0 saturated carbocycles. The standard InChI is InChI=1S/C32H38N2O9/c1-8-14(4)32(40)43-13-20-21-17(25(35)15(5)30(28(21)38)41-9-2)11-18-24-22-23(27(37)19(33(24)7)12-34(18)20)26(36)16(6)31(29(22)39)42-10-3/h8,18-20,24,27,37H,9-13H2,1-7H3. The van der Waals surface area contributed by atoms with Crippen LogP contribution in [0.4, 0.5) is 0 Å². The van der Waals surface area contributed by atoms with Crippen LogP contribution in [0.2, 0.25) is 0 Å². The number of rotatable bonds is 7. The molecule has 43 heavy (non-hydrogen) atoms. The second kappa shape index (κ2) is 11.4. The van der Waals surface area contributed by atoms with Crippen LogP contribution >= 0.6 is 0 Å². The molecule has 11 nitrogen and oxygen atoms in total. The monoisotopic (exact) mass is 594 g/mol. The molecular weight excluding hydrogens is 556 g/mol. The van der Waals surface area contributed by atoms with Crippen LogP contribution in [0, 0.1) is 0 Å². The van der Waals surface area contributed by atoms with E-state index >= 15 is 0 Å². The Labute approximate surface area is 250 Å². The third-order valence-electron chi connectivity index (χ3n) is 9.36. The van der Waals surface area contributed by atoms with E-state index in [1.165, 1.54) is 6.92 Å². The van der Waals surface area contributed by atoms with Crippen LogP contribution in [0.3, 0.4) is 0 Å². The van der Waals surface area contributed by atoms with Crippen molar-refractivity contribution in [3.05, 3.63) is 56.6 Å². The predicted molar refractivity (Wildman–Crippen MR) is 153 cm³/mol. The van der Waals surface area contributed by atoms with E-state index in [0.29, 0.717) is 5.57 Å². The Bertz CT molecular complexity index is 1490. The molecule has 1 fully saturated rings. The lowest BCUT2D eigenvalue weighted by molar-refractivity contribution is -0.143. The molecule has 0 radical (unpaired) electrons. The number of piperazine rings is 1. The molecule has 1 N–H and O–H groups in total. The third kappa shape index (κ3) is 4.56. The van der Waals surface area contributed by atoms with Crippen LogP contribution < -0.4 is 0 Å². The van der Waals surface area contributed by atoms with E-state index < -0.39 is 53.6 Å². The molecule has 3 aliphatic heterocycles. The number of Topliss-reactive ketones (excluding diaryl/α,β-unsaturated/α-hetero) is 4. The van der Waals surface area contributed by atoms with Gasteiger partial charge in [-0.25, -0.2) is 4.79 Å². The summed E-state index contributed by atoms with van der Waals surface area (Å²) in [5.74, 6) is -2.33. The maximum atomic E-state index is 14.0. The van der Waals surface area contributed by atoms with E-state index in [2.05, 4.69) is 0 Å². The van der Waals surface area contributed by atoms with Crippen LogP contribution in [0.1, 0.15) is 48.0 Å². The molecular formula is C32H38N2O9. The normalized spacial score (nSPS) is 30.0. The zero-order valence-corrected chi connectivity index (χ0v) is 25.6. The number of allylic oxidation sites excluding steroid dienone is 5. The summed E-state index contributed by atoms with van der Waals surface area (Å²) >= 11 is 0. The van der Waals surface area contributed by atoms with Crippen molar-refractivity contribution < 1.29 is 43.3 Å². The SMILES string of the molecule is CC=C(C)C(=O)OCC1C2=C(CC3C4C5=C(C(=O)C(C)=C(OCC)C5=O)C(O)C(CN13)N4C)C(=O)C(C)=C(OCC)C2=O. The zero-order chi connectivity index (χ0) is 31.5. The summed E-state index contributed by atoms with van der Waals surface area (Å²) in [5.41, 5.74) is 1.41. The van der Waals surface area contributed by atoms with Gasteiger partial charge in [0.1, 0.15) is 6.61 Å². The van der Waals surface area contributed by atoms with Crippen molar-refractivity contribution in [2.24, 2.45) is 0 Å². The van der Waals surface area contributed by atoms with E-state index in [1.807, 2.05) is 9.80 Å². The highest BCUT2D eigenvalue weighted by molar-refractivity contribution is 6.26. The highest BCUT2D eigenvalue weighted by atomic mass is 16.5. The van der Waals surface area contributed by atoms with Crippen LogP contribution in [0.5, 0.6) is 0 Å². The lowest BCUT2D eigenvalue weighted by Gasteiger charge is -2.59. The Hall–Kier alpha value is -3.67. The number of nitrogens with zero attached hydrogens (tertiary/aromatic N) is 2. The Kier molecular flexibility index (Phi) is 8.19. The van der Waals surface area contributed by atoms with Gasteiger partial charge in [0.05, 0.1) is 37.4 Å². The van der Waals surface area contributed by atoms with E-state index in [0.717, 1.165) is 0 Å². The van der Waals surface area contributed by atoms with Crippen molar-refractivity contribution in [3.63, 3.8) is 0 Å². The number of ketones is 4. The highest BCUT2D eigenvalue weighted by Crippen LogP contribution is 2.47. The quantitative estimate of drug-likeness (QED) is 0.261. The van der Waals surface area contributed by atoms with E-state index in [9.17, 15) is 29.1 Å². The topological polar surface area (TPSA) is 140 Å². The minimum absolute atomic E-state index is 0.0277. The molecule has 0 aromatic carbocycles. The lowest BCUT2D eigenvalue weighted by Crippen LogP contribution is -2.73. The fourth-order valence-corrected chi connectivity index (χ4v) is 7.08. The number of likely N-dealkylation sites (N-methyl/N-ethyl adjacent to an activating group) is 1. The predicted octanol–water partition coefficient (Wildman–Crippen LogP) is 1.51. The fraction of sp³-hybridized carbons (Fsp3) is 0.531. The number of hydrogen-bond donors (Lipinski definition) is 1. The fourth-order valence-electron chi connectivity index (χ4n) is 7.08.